The Morgan fingerprint density at radius 1 is 1.26 bits per heavy atom. The number of allylic oxidation sites excluding steroid dienone is 1. The molecule has 0 radical (unpaired) electrons. The Morgan fingerprint density at radius 3 is 2.57 bits per heavy atom. The molecule has 3 nitrogen and oxygen atoms in total. The van der Waals surface area contributed by atoms with Gasteiger partial charge < -0.3 is 10.4 Å². The van der Waals surface area contributed by atoms with Crippen LogP contribution in [0.25, 0.3) is 0 Å². The van der Waals surface area contributed by atoms with Crippen molar-refractivity contribution in [3.05, 3.63) is 47.5 Å². The van der Waals surface area contributed by atoms with Crippen LogP contribution < -0.4 is 5.32 Å². The van der Waals surface area contributed by atoms with Gasteiger partial charge in [-0.05, 0) is 58.2 Å². The van der Waals surface area contributed by atoms with Crippen molar-refractivity contribution in [2.45, 2.75) is 51.6 Å². The predicted octanol–water partition coefficient (Wildman–Crippen LogP) is 3.52. The van der Waals surface area contributed by atoms with E-state index in [0.717, 1.165) is 19.4 Å². The van der Waals surface area contributed by atoms with Crippen LogP contribution in [-0.2, 0) is 0 Å². The summed E-state index contributed by atoms with van der Waals surface area (Å²) in [6, 6.07) is 11.6. The molecule has 1 atom stereocenters. The van der Waals surface area contributed by atoms with Gasteiger partial charge in [0, 0.05) is 25.2 Å². The second-order valence-corrected chi connectivity index (χ2v) is 6.85. The molecule has 1 heterocycles. The molecule has 2 N–H and O–H groups in total. The fraction of sp³-hybridized carbons (Fsp3) is 0.600. The van der Waals surface area contributed by atoms with Gasteiger partial charge in [-0.15, -0.1) is 0 Å². The van der Waals surface area contributed by atoms with Crippen molar-refractivity contribution in [3.63, 3.8) is 0 Å². The van der Waals surface area contributed by atoms with Crippen molar-refractivity contribution in [2.75, 3.05) is 26.2 Å². The first-order chi connectivity index (χ1) is 11.2. The number of hydrogen-bond donors (Lipinski definition) is 2. The van der Waals surface area contributed by atoms with E-state index in [1.54, 1.807) is 0 Å². The van der Waals surface area contributed by atoms with Gasteiger partial charge in [0.15, 0.2) is 0 Å². The van der Waals surface area contributed by atoms with Crippen molar-refractivity contribution in [2.24, 2.45) is 0 Å². The van der Waals surface area contributed by atoms with Gasteiger partial charge in [0.2, 0.25) is 0 Å². The van der Waals surface area contributed by atoms with Gasteiger partial charge in [0.1, 0.15) is 0 Å². The minimum absolute atomic E-state index is 0.270. The average Bonchev–Trinajstić information content (AvgIpc) is 2.58. The summed E-state index contributed by atoms with van der Waals surface area (Å²) in [5, 5.41) is 13.0. The number of hydrogen-bond acceptors (Lipinski definition) is 3. The van der Waals surface area contributed by atoms with E-state index in [4.69, 9.17) is 5.11 Å². The van der Waals surface area contributed by atoms with Crippen LogP contribution in [0.15, 0.2) is 42.0 Å². The minimum Gasteiger partial charge on any atom is -0.396 e. The third-order valence-electron chi connectivity index (χ3n) is 4.64. The molecule has 0 bridgehead atoms. The first-order valence-corrected chi connectivity index (χ1v) is 8.96. The molecule has 1 saturated heterocycles. The van der Waals surface area contributed by atoms with E-state index in [9.17, 15) is 0 Å². The Kier molecular flexibility index (Phi) is 7.80. The number of benzene rings is 1. The summed E-state index contributed by atoms with van der Waals surface area (Å²) in [6.45, 7) is 8.03. The van der Waals surface area contributed by atoms with Gasteiger partial charge in [0.25, 0.3) is 0 Å². The topological polar surface area (TPSA) is 35.5 Å². The number of nitrogens with zero attached hydrogens (tertiary/aromatic N) is 1. The van der Waals surface area contributed by atoms with Crippen molar-refractivity contribution < 1.29 is 5.11 Å². The highest BCUT2D eigenvalue weighted by Crippen LogP contribution is 2.21. The van der Waals surface area contributed by atoms with E-state index in [2.05, 4.69) is 60.5 Å². The Balaban J connectivity index is 1.85. The second-order valence-electron chi connectivity index (χ2n) is 6.85. The molecule has 3 heteroatoms. The first kappa shape index (κ1) is 18.2. The van der Waals surface area contributed by atoms with Gasteiger partial charge >= 0.3 is 0 Å². The van der Waals surface area contributed by atoms with E-state index in [1.165, 1.54) is 37.1 Å². The second kappa shape index (κ2) is 9.86. The van der Waals surface area contributed by atoms with E-state index in [0.29, 0.717) is 12.1 Å². The highest BCUT2D eigenvalue weighted by molar-refractivity contribution is 5.19. The predicted molar refractivity (Wildman–Crippen MR) is 97.5 cm³/mol. The molecule has 1 fully saturated rings. The molecule has 1 unspecified atom stereocenters. The SMILES string of the molecule is CC(C)=CCN1CCC(NC(CCCO)c2ccccc2)CC1. The maximum absolute atomic E-state index is 9.17. The van der Waals surface area contributed by atoms with Crippen LogP contribution in [0.2, 0.25) is 0 Å². The fourth-order valence-electron chi connectivity index (χ4n) is 3.21. The normalized spacial score (nSPS) is 17.9. The molecule has 0 aromatic heterocycles. The summed E-state index contributed by atoms with van der Waals surface area (Å²) in [5.41, 5.74) is 2.74. The average molecular weight is 316 g/mol. The number of aliphatic hydroxyl groups is 1. The van der Waals surface area contributed by atoms with Crippen LogP contribution in [-0.4, -0.2) is 42.3 Å². The molecule has 23 heavy (non-hydrogen) atoms. The molecule has 1 aromatic rings. The molecular formula is C20H32N2O. The Morgan fingerprint density at radius 2 is 1.96 bits per heavy atom. The van der Waals surface area contributed by atoms with Gasteiger partial charge in [-0.2, -0.15) is 0 Å². The molecule has 1 aromatic carbocycles. The lowest BCUT2D eigenvalue weighted by atomic mass is 9.98. The minimum atomic E-state index is 0.270. The van der Waals surface area contributed by atoms with Crippen LogP contribution in [0.1, 0.15) is 51.1 Å². The first-order valence-electron chi connectivity index (χ1n) is 8.96. The standard InChI is InChI=1S/C20H32N2O/c1-17(2)10-13-22-14-11-19(12-15-22)21-20(9-6-16-23)18-7-4-3-5-8-18/h3-5,7-8,10,19-21,23H,6,9,11-16H2,1-2H3. The molecule has 128 valence electrons. The van der Waals surface area contributed by atoms with Crippen LogP contribution in [0.5, 0.6) is 0 Å². The molecular weight excluding hydrogens is 284 g/mol. The lowest BCUT2D eigenvalue weighted by Crippen LogP contribution is -2.43. The highest BCUT2D eigenvalue weighted by atomic mass is 16.2. The lowest BCUT2D eigenvalue weighted by Gasteiger charge is -2.34. The van der Waals surface area contributed by atoms with Gasteiger partial charge in [-0.1, -0.05) is 42.0 Å². The van der Waals surface area contributed by atoms with Crippen molar-refractivity contribution >= 4 is 0 Å². The van der Waals surface area contributed by atoms with E-state index < -0.39 is 0 Å². The summed E-state index contributed by atoms with van der Waals surface area (Å²) in [7, 11) is 0. The summed E-state index contributed by atoms with van der Waals surface area (Å²) >= 11 is 0. The number of nitrogens with one attached hydrogen (secondary N) is 1. The van der Waals surface area contributed by atoms with Crippen molar-refractivity contribution in [3.8, 4) is 0 Å². The zero-order valence-corrected chi connectivity index (χ0v) is 14.7. The number of aliphatic hydroxyl groups excluding tert-OH is 1. The molecule has 0 saturated carbocycles. The third-order valence-corrected chi connectivity index (χ3v) is 4.64. The molecule has 0 aliphatic carbocycles. The summed E-state index contributed by atoms with van der Waals surface area (Å²) in [5.74, 6) is 0. The monoisotopic (exact) mass is 316 g/mol. The summed E-state index contributed by atoms with van der Waals surface area (Å²) < 4.78 is 0. The Bertz CT molecular complexity index is 460. The van der Waals surface area contributed by atoms with Crippen molar-refractivity contribution in [1.82, 2.24) is 10.2 Å². The highest BCUT2D eigenvalue weighted by Gasteiger charge is 2.21. The Labute approximate surface area is 141 Å². The zero-order chi connectivity index (χ0) is 16.5. The molecule has 2 rings (SSSR count). The van der Waals surface area contributed by atoms with Crippen molar-refractivity contribution in [1.29, 1.82) is 0 Å². The van der Waals surface area contributed by atoms with Gasteiger partial charge in [-0.25, -0.2) is 0 Å². The zero-order valence-electron chi connectivity index (χ0n) is 14.7. The summed E-state index contributed by atoms with van der Waals surface area (Å²) in [4.78, 5) is 2.54. The third kappa shape index (κ3) is 6.46. The largest absolute Gasteiger partial charge is 0.396 e. The van der Waals surface area contributed by atoms with Crippen LogP contribution in [0, 0.1) is 0 Å². The fourth-order valence-corrected chi connectivity index (χ4v) is 3.21. The molecule has 0 amide bonds. The molecule has 1 aliphatic heterocycles. The molecule has 1 aliphatic rings. The number of rotatable bonds is 8. The number of piperidine rings is 1. The summed E-state index contributed by atoms with van der Waals surface area (Å²) in [6.07, 6.45) is 6.59. The maximum atomic E-state index is 9.17. The molecule has 0 spiro atoms. The van der Waals surface area contributed by atoms with E-state index in [1.807, 2.05) is 0 Å². The quantitative estimate of drug-likeness (QED) is 0.720. The van der Waals surface area contributed by atoms with Gasteiger partial charge in [-0.3, -0.25) is 4.90 Å². The van der Waals surface area contributed by atoms with E-state index in [-0.39, 0.29) is 6.61 Å². The van der Waals surface area contributed by atoms with Crippen LogP contribution >= 0.6 is 0 Å². The lowest BCUT2D eigenvalue weighted by molar-refractivity contribution is 0.201. The van der Waals surface area contributed by atoms with Crippen LogP contribution in [0.4, 0.5) is 0 Å². The maximum Gasteiger partial charge on any atom is 0.0431 e. The Hall–Kier alpha value is -1.16. The smallest absolute Gasteiger partial charge is 0.0431 e. The van der Waals surface area contributed by atoms with E-state index >= 15 is 0 Å². The van der Waals surface area contributed by atoms with Crippen LogP contribution in [0.3, 0.4) is 0 Å². The number of likely N-dealkylation sites (tertiary alicyclic amines) is 1. The van der Waals surface area contributed by atoms with Gasteiger partial charge in [0.05, 0.1) is 0 Å².